The first-order chi connectivity index (χ1) is 46.7. The number of nitrogens with zero attached hydrogens (tertiary/aromatic N) is 5. The van der Waals surface area contributed by atoms with E-state index in [0.29, 0.717) is 44.6 Å². The van der Waals surface area contributed by atoms with Crippen LogP contribution in [0, 0.1) is 66.7 Å². The summed E-state index contributed by atoms with van der Waals surface area (Å²) in [6.45, 7) is 15.8. The van der Waals surface area contributed by atoms with E-state index in [2.05, 4.69) is 30.3 Å². The maximum absolute atomic E-state index is 15.5. The van der Waals surface area contributed by atoms with Gasteiger partial charge >= 0.3 is 18.5 Å². The van der Waals surface area contributed by atoms with Gasteiger partial charge in [0.05, 0.1) is 89.1 Å². The van der Waals surface area contributed by atoms with Gasteiger partial charge in [-0.1, -0.05) is 129 Å². The van der Waals surface area contributed by atoms with E-state index in [4.69, 9.17) is 0 Å². The molecule has 0 fully saturated rings. The van der Waals surface area contributed by atoms with Crippen LogP contribution in [-0.4, -0.2) is 18.3 Å². The molecule has 0 unspecified atom stereocenters. The molecule has 0 aliphatic carbocycles. The van der Waals surface area contributed by atoms with Crippen molar-refractivity contribution >= 4 is 87.2 Å². The van der Waals surface area contributed by atoms with Crippen molar-refractivity contribution in [3.05, 3.63) is 285 Å². The zero-order valence-electron chi connectivity index (χ0n) is 54.4. The number of aryl methyl sites for hydroxylation is 8. The maximum atomic E-state index is 15.5. The molecule has 12 aromatic carbocycles. The van der Waals surface area contributed by atoms with Crippen molar-refractivity contribution in [3.63, 3.8) is 0 Å². The smallest absolute Gasteiger partial charge is 0.309 e. The number of nitriles is 1. The first-order valence-corrected chi connectivity index (χ1v) is 32.0. The van der Waals surface area contributed by atoms with Gasteiger partial charge in [0.1, 0.15) is 6.07 Å². The molecule has 0 aliphatic heterocycles. The van der Waals surface area contributed by atoms with Crippen LogP contribution >= 0.6 is 0 Å². The highest BCUT2D eigenvalue weighted by atomic mass is 19.4. The summed E-state index contributed by atoms with van der Waals surface area (Å²) in [5, 5.41) is 17.9. The Kier molecular flexibility index (Phi) is 14.7. The Balaban J connectivity index is 0.000000160. The van der Waals surface area contributed by atoms with Crippen LogP contribution < -0.4 is 0 Å². The monoisotopic (exact) mass is 1310 g/mol. The topological polar surface area (TPSA) is 43.5 Å². The highest BCUT2D eigenvalue weighted by Crippen LogP contribution is 2.49. The Morgan fingerprint density at radius 3 is 0.745 bits per heavy atom. The van der Waals surface area contributed by atoms with Gasteiger partial charge in [0.15, 0.2) is 0 Å². The molecule has 484 valence electrons. The van der Waals surface area contributed by atoms with Gasteiger partial charge < -0.3 is 18.3 Å². The maximum Gasteiger partial charge on any atom is 0.418 e. The first kappa shape index (κ1) is 62.8. The molecule has 14 heteroatoms. The highest BCUT2D eigenvalue weighted by molar-refractivity contribution is 6.14. The van der Waals surface area contributed by atoms with Crippen LogP contribution in [0.4, 0.5) is 39.5 Å². The van der Waals surface area contributed by atoms with E-state index in [1.54, 1.807) is 34.9 Å². The van der Waals surface area contributed by atoms with Gasteiger partial charge in [-0.3, -0.25) is 0 Å². The van der Waals surface area contributed by atoms with Crippen LogP contribution in [0.25, 0.3) is 132 Å². The third kappa shape index (κ3) is 10.4. The van der Waals surface area contributed by atoms with Gasteiger partial charge in [0.2, 0.25) is 0 Å². The van der Waals surface area contributed by atoms with E-state index >= 15 is 13.2 Å². The van der Waals surface area contributed by atoms with E-state index < -0.39 is 35.2 Å². The van der Waals surface area contributed by atoms with Crippen LogP contribution in [0.15, 0.2) is 218 Å². The van der Waals surface area contributed by atoms with Gasteiger partial charge in [-0.05, 0) is 200 Å². The lowest BCUT2D eigenvalue weighted by Crippen LogP contribution is -2.14. The van der Waals surface area contributed by atoms with Crippen molar-refractivity contribution < 1.29 is 39.5 Å². The summed E-state index contributed by atoms with van der Waals surface area (Å²) in [7, 11) is 0. The summed E-state index contributed by atoms with van der Waals surface area (Å²) < 4.78 is 142. The number of hydrogen-bond acceptors (Lipinski definition) is 1. The highest BCUT2D eigenvalue weighted by Gasteiger charge is 2.40. The molecule has 16 aromatic rings. The second-order valence-corrected chi connectivity index (χ2v) is 26.0. The second kappa shape index (κ2) is 22.9. The molecule has 0 aliphatic rings. The fraction of sp³-hybridized carbons (Fsp3) is 0.131. The zero-order chi connectivity index (χ0) is 68.8. The molecule has 0 atom stereocenters. The molecule has 98 heavy (non-hydrogen) atoms. The molecule has 4 aromatic heterocycles. The molecule has 0 spiro atoms. The fourth-order valence-electron chi connectivity index (χ4n) is 14.6. The SMILES string of the molecule is Cc1ccc2c(c1)c1cc(C)ccc1n2-c1cc(-c2ccccc2C(F)(F)F)c(-n2c3ccc(C)cc3c3cc(C)ccc32)cc1C#N.Cc1ccc2c(c1)c1cc(C)ccc1n2-c1cc(C(F)(F)F)c(-n2c3ccc(C)cc3c3cc(C)ccc32)cc1-c1ccccc1C(F)(F)F. The third-order valence-electron chi connectivity index (χ3n) is 19.0. The lowest BCUT2D eigenvalue weighted by atomic mass is 9.94. The molecule has 4 heterocycles. The van der Waals surface area contributed by atoms with Gasteiger partial charge in [-0.15, -0.1) is 0 Å². The van der Waals surface area contributed by atoms with Crippen molar-refractivity contribution in [1.82, 2.24) is 18.3 Å². The fourth-order valence-corrected chi connectivity index (χ4v) is 14.6. The van der Waals surface area contributed by atoms with Gasteiger partial charge in [0, 0.05) is 54.2 Å². The Morgan fingerprint density at radius 2 is 0.480 bits per heavy atom. The van der Waals surface area contributed by atoms with Crippen molar-refractivity contribution in [2.75, 3.05) is 0 Å². The van der Waals surface area contributed by atoms with E-state index in [1.165, 1.54) is 41.0 Å². The predicted molar refractivity (Wildman–Crippen MR) is 379 cm³/mol. The summed E-state index contributed by atoms with van der Waals surface area (Å²) in [6, 6.07) is 66.0. The minimum atomic E-state index is -4.86. The number of aromatic nitrogens is 4. The van der Waals surface area contributed by atoms with Crippen LogP contribution in [-0.2, 0) is 18.5 Å². The summed E-state index contributed by atoms with van der Waals surface area (Å²) >= 11 is 0. The van der Waals surface area contributed by atoms with E-state index in [1.807, 2.05) is 174 Å². The summed E-state index contributed by atoms with van der Waals surface area (Å²) in [6.07, 6.45) is -14.2. The zero-order valence-corrected chi connectivity index (χ0v) is 54.4. The number of halogens is 9. The number of benzene rings is 12. The van der Waals surface area contributed by atoms with Crippen molar-refractivity contribution in [3.8, 4) is 51.1 Å². The number of alkyl halides is 9. The Morgan fingerprint density at radius 1 is 0.245 bits per heavy atom. The van der Waals surface area contributed by atoms with Crippen LogP contribution in [0.2, 0.25) is 0 Å². The van der Waals surface area contributed by atoms with E-state index in [0.717, 1.165) is 128 Å². The summed E-state index contributed by atoms with van der Waals surface area (Å²) in [4.78, 5) is 0. The Bertz CT molecular complexity index is 5840. The molecule has 0 radical (unpaired) electrons. The molecule has 16 rings (SSSR count). The molecule has 0 bridgehead atoms. The van der Waals surface area contributed by atoms with Crippen LogP contribution in [0.5, 0.6) is 0 Å². The minimum Gasteiger partial charge on any atom is -0.309 e. The minimum absolute atomic E-state index is 0.00191. The average molecular weight is 1310 g/mol. The van der Waals surface area contributed by atoms with Crippen molar-refractivity contribution in [2.45, 2.75) is 73.9 Å². The van der Waals surface area contributed by atoms with Gasteiger partial charge in [0.25, 0.3) is 0 Å². The molecular formula is C84H60F9N5. The third-order valence-corrected chi connectivity index (χ3v) is 19.0. The number of hydrogen-bond donors (Lipinski definition) is 0. The number of fused-ring (bicyclic) bond motifs is 12. The van der Waals surface area contributed by atoms with Crippen LogP contribution in [0.1, 0.15) is 66.8 Å². The predicted octanol–water partition coefficient (Wildman–Crippen LogP) is 24.5. The molecule has 0 saturated carbocycles. The average Bonchev–Trinajstić information content (AvgIpc) is 1.52. The van der Waals surface area contributed by atoms with Crippen LogP contribution in [0.3, 0.4) is 0 Å². The number of rotatable bonds is 6. The van der Waals surface area contributed by atoms with E-state index in [9.17, 15) is 31.6 Å². The van der Waals surface area contributed by atoms with E-state index in [-0.39, 0.29) is 28.1 Å². The van der Waals surface area contributed by atoms with Gasteiger partial charge in [-0.2, -0.15) is 44.8 Å². The second-order valence-electron chi connectivity index (χ2n) is 26.0. The lowest BCUT2D eigenvalue weighted by Gasteiger charge is -2.23. The lowest BCUT2D eigenvalue weighted by molar-refractivity contribution is -0.138. The molecule has 0 saturated heterocycles. The van der Waals surface area contributed by atoms with Crippen molar-refractivity contribution in [2.24, 2.45) is 0 Å². The largest absolute Gasteiger partial charge is 0.418 e. The molecule has 0 N–H and O–H groups in total. The summed E-state index contributed by atoms with van der Waals surface area (Å²) in [5.41, 5.74) is 12.5. The Hall–Kier alpha value is -11.3. The molecule has 5 nitrogen and oxygen atoms in total. The van der Waals surface area contributed by atoms with Crippen molar-refractivity contribution in [1.29, 1.82) is 5.26 Å². The molecule has 0 amide bonds. The first-order valence-electron chi connectivity index (χ1n) is 32.0. The normalized spacial score (nSPS) is 12.3. The molecular weight excluding hydrogens is 1250 g/mol. The quantitative estimate of drug-likeness (QED) is 0.153. The van der Waals surface area contributed by atoms with Gasteiger partial charge in [-0.25, -0.2) is 0 Å². The standard InChI is InChI=1S/C42H30F6N2.C42H30F3N3/c1-23-9-13-35-28(17-23)29-18-24(2)10-14-36(29)49(35)39-22-34(42(46,47)48)40(21-32(39)27-7-5-6-8-33(27)41(43,44)45)50-37-15-11-25(3)19-30(37)31-20-26(4)12-16-38(31)50;1-24-9-13-36-30(17-24)31-18-25(2)10-14-37(31)47(36)40-22-34(29-7-5-6-8-35(29)42(43,44)45)41(21-28(40)23-46)48-38-15-11-26(3)19-32(38)33-20-27(4)12-16-39(33)48/h5-22H,1-4H3;5-22H,1-4H3. The summed E-state index contributed by atoms with van der Waals surface area (Å²) in [5.74, 6) is 0. The Labute approximate surface area is 557 Å².